The third kappa shape index (κ3) is 2.10. The van der Waals surface area contributed by atoms with E-state index in [1.807, 2.05) is 23.5 Å². The van der Waals surface area contributed by atoms with Crippen LogP contribution in [0.15, 0.2) is 22.0 Å². The highest BCUT2D eigenvalue weighted by Gasteiger charge is 2.02. The van der Waals surface area contributed by atoms with Crippen molar-refractivity contribution in [2.75, 3.05) is 12.5 Å². The summed E-state index contributed by atoms with van der Waals surface area (Å²) in [5, 5.41) is 0. The van der Waals surface area contributed by atoms with Gasteiger partial charge in [-0.1, -0.05) is 12.2 Å². The van der Waals surface area contributed by atoms with E-state index in [1.54, 1.807) is 0 Å². The monoisotopic (exact) mass is 172 g/mol. The van der Waals surface area contributed by atoms with Crippen LogP contribution in [-0.4, -0.2) is 12.5 Å². The second-order valence-electron chi connectivity index (χ2n) is 2.17. The van der Waals surface area contributed by atoms with Crippen LogP contribution in [0.5, 0.6) is 0 Å². The number of rotatable bonds is 2. The van der Waals surface area contributed by atoms with Gasteiger partial charge in [0.25, 0.3) is 0 Å². The van der Waals surface area contributed by atoms with Crippen LogP contribution in [0, 0.1) is 0 Å². The van der Waals surface area contributed by atoms with E-state index in [2.05, 4.69) is 24.7 Å². The van der Waals surface area contributed by atoms with Crippen molar-refractivity contribution >= 4 is 23.5 Å². The van der Waals surface area contributed by atoms with Crippen molar-refractivity contribution in [2.24, 2.45) is 0 Å². The van der Waals surface area contributed by atoms with Gasteiger partial charge in [0.2, 0.25) is 0 Å². The molecule has 1 rings (SSSR count). The molecule has 0 aliphatic heterocycles. The Hall–Kier alpha value is 0.180. The van der Waals surface area contributed by atoms with Crippen molar-refractivity contribution < 1.29 is 0 Å². The Morgan fingerprint density at radius 1 is 1.00 bits per heavy atom. The summed E-state index contributed by atoms with van der Waals surface area (Å²) in [5.41, 5.74) is 0. The van der Waals surface area contributed by atoms with Gasteiger partial charge in [-0.2, -0.15) is 0 Å². The van der Waals surface area contributed by atoms with Gasteiger partial charge >= 0.3 is 0 Å². The van der Waals surface area contributed by atoms with Crippen molar-refractivity contribution in [1.29, 1.82) is 0 Å². The largest absolute Gasteiger partial charge is 0.134 e. The molecule has 56 valence electrons. The molecule has 0 aromatic carbocycles. The summed E-state index contributed by atoms with van der Waals surface area (Å²) in [6.07, 6.45) is 11.2. The first kappa shape index (κ1) is 8.28. The molecule has 0 N–H and O–H groups in total. The lowest BCUT2D eigenvalue weighted by molar-refractivity contribution is 1.01. The van der Waals surface area contributed by atoms with E-state index < -0.39 is 0 Å². The Morgan fingerprint density at radius 3 is 1.60 bits per heavy atom. The Bertz CT molecular complexity index is 148. The number of hydrogen-bond donors (Lipinski definition) is 0. The van der Waals surface area contributed by atoms with Gasteiger partial charge in [-0.15, -0.1) is 23.5 Å². The fourth-order valence-corrected chi connectivity index (χ4v) is 1.96. The summed E-state index contributed by atoms with van der Waals surface area (Å²) in [4.78, 5) is 3.02. The topological polar surface area (TPSA) is 0 Å². The second-order valence-corrected chi connectivity index (χ2v) is 4.04. The van der Waals surface area contributed by atoms with Gasteiger partial charge < -0.3 is 0 Å². The minimum absolute atomic E-state index is 1.24. The molecule has 1 aliphatic carbocycles. The molecule has 1 aliphatic rings. The second kappa shape index (κ2) is 4.14. The van der Waals surface area contributed by atoms with Gasteiger partial charge in [-0.25, -0.2) is 0 Å². The zero-order valence-electron chi connectivity index (χ0n) is 6.39. The summed E-state index contributed by atoms with van der Waals surface area (Å²) in [7, 11) is 0. The first-order valence-corrected chi connectivity index (χ1v) is 5.79. The third-order valence-corrected chi connectivity index (χ3v) is 3.33. The minimum atomic E-state index is 1.24. The van der Waals surface area contributed by atoms with Crippen molar-refractivity contribution in [3.63, 3.8) is 0 Å². The van der Waals surface area contributed by atoms with Crippen LogP contribution in [-0.2, 0) is 0 Å². The summed E-state index contributed by atoms with van der Waals surface area (Å²) in [6, 6.07) is 0. The fraction of sp³-hybridized carbons (Fsp3) is 0.500. The maximum absolute atomic E-state index is 2.24. The predicted molar refractivity (Wildman–Crippen MR) is 52.4 cm³/mol. The Labute approximate surface area is 71.2 Å². The maximum atomic E-state index is 2.24. The smallest absolute Gasteiger partial charge is 0.0140 e. The van der Waals surface area contributed by atoms with Crippen molar-refractivity contribution in [3.05, 3.63) is 22.0 Å². The highest BCUT2D eigenvalue weighted by atomic mass is 32.2. The SMILES string of the molecule is CSC1=CC=C(SC)CC1. The first-order chi connectivity index (χ1) is 4.86. The lowest BCUT2D eigenvalue weighted by atomic mass is 10.2. The standard InChI is InChI=1S/C8H12S2/c1-9-7-3-5-8(10-2)6-4-7/h3,5H,4,6H2,1-2H3. The molecule has 10 heavy (non-hydrogen) atoms. The summed E-state index contributed by atoms with van der Waals surface area (Å²) >= 11 is 3.73. The van der Waals surface area contributed by atoms with Gasteiger partial charge in [0.05, 0.1) is 0 Å². The zero-order chi connectivity index (χ0) is 7.40. The molecular formula is C8H12S2. The molecule has 0 fully saturated rings. The zero-order valence-corrected chi connectivity index (χ0v) is 8.02. The number of hydrogen-bond acceptors (Lipinski definition) is 2. The molecule has 0 nitrogen and oxygen atoms in total. The quantitative estimate of drug-likeness (QED) is 0.627. The van der Waals surface area contributed by atoms with Crippen molar-refractivity contribution in [3.8, 4) is 0 Å². The van der Waals surface area contributed by atoms with E-state index in [9.17, 15) is 0 Å². The highest BCUT2D eigenvalue weighted by Crippen LogP contribution is 2.29. The molecule has 0 amide bonds. The van der Waals surface area contributed by atoms with Crippen LogP contribution in [0.3, 0.4) is 0 Å². The highest BCUT2D eigenvalue weighted by molar-refractivity contribution is 8.02. The number of thioether (sulfide) groups is 2. The normalized spacial score (nSPS) is 18.2. The molecule has 0 spiro atoms. The molecule has 0 saturated carbocycles. The molecule has 0 heterocycles. The van der Waals surface area contributed by atoms with E-state index in [-0.39, 0.29) is 0 Å². The molecule has 0 unspecified atom stereocenters. The van der Waals surface area contributed by atoms with E-state index in [0.29, 0.717) is 0 Å². The summed E-state index contributed by atoms with van der Waals surface area (Å²) < 4.78 is 0. The van der Waals surface area contributed by atoms with Crippen molar-refractivity contribution in [1.82, 2.24) is 0 Å². The summed E-state index contributed by atoms with van der Waals surface area (Å²) in [6.45, 7) is 0. The molecule has 0 saturated heterocycles. The lowest BCUT2D eigenvalue weighted by Gasteiger charge is -2.09. The third-order valence-electron chi connectivity index (χ3n) is 1.60. The molecule has 0 bridgehead atoms. The Kier molecular flexibility index (Phi) is 3.43. The molecule has 0 radical (unpaired) electrons. The summed E-state index contributed by atoms with van der Waals surface area (Å²) in [5.74, 6) is 0. The molecule has 0 atom stereocenters. The van der Waals surface area contributed by atoms with Crippen LogP contribution >= 0.6 is 23.5 Å². The predicted octanol–water partition coefficient (Wildman–Crippen LogP) is 3.27. The van der Waals surface area contributed by atoms with Crippen molar-refractivity contribution in [2.45, 2.75) is 12.8 Å². The van der Waals surface area contributed by atoms with Gasteiger partial charge in [-0.05, 0) is 35.2 Å². The Morgan fingerprint density at radius 2 is 1.40 bits per heavy atom. The van der Waals surface area contributed by atoms with Gasteiger partial charge in [0.15, 0.2) is 0 Å². The van der Waals surface area contributed by atoms with Gasteiger partial charge in [0.1, 0.15) is 0 Å². The Balaban J connectivity index is 2.55. The van der Waals surface area contributed by atoms with Gasteiger partial charge in [-0.3, -0.25) is 0 Å². The van der Waals surface area contributed by atoms with E-state index in [0.717, 1.165) is 0 Å². The molecule has 2 heteroatoms. The average molecular weight is 172 g/mol. The van der Waals surface area contributed by atoms with Crippen LogP contribution in [0.2, 0.25) is 0 Å². The van der Waals surface area contributed by atoms with E-state index >= 15 is 0 Å². The molecule has 0 aromatic rings. The average Bonchev–Trinajstić information content (AvgIpc) is 2.05. The number of allylic oxidation sites excluding steroid dienone is 4. The van der Waals surface area contributed by atoms with Crippen LogP contribution in [0.25, 0.3) is 0 Å². The van der Waals surface area contributed by atoms with E-state index in [4.69, 9.17) is 0 Å². The first-order valence-electron chi connectivity index (χ1n) is 3.34. The lowest BCUT2D eigenvalue weighted by Crippen LogP contribution is -1.86. The van der Waals surface area contributed by atoms with Crippen LogP contribution < -0.4 is 0 Å². The van der Waals surface area contributed by atoms with Crippen LogP contribution in [0.4, 0.5) is 0 Å². The fourth-order valence-electron chi connectivity index (χ4n) is 0.939. The molecular weight excluding hydrogens is 160 g/mol. The minimum Gasteiger partial charge on any atom is -0.134 e. The van der Waals surface area contributed by atoms with E-state index in [1.165, 1.54) is 22.7 Å². The maximum Gasteiger partial charge on any atom is -0.0140 e. The van der Waals surface area contributed by atoms with Crippen LogP contribution in [0.1, 0.15) is 12.8 Å². The molecule has 0 aromatic heterocycles. The van der Waals surface area contributed by atoms with Gasteiger partial charge in [0, 0.05) is 0 Å².